The number of aryl methyl sites for hydroxylation is 1. The largest absolute Gasteiger partial charge is 0.349 e. The van der Waals surface area contributed by atoms with Gasteiger partial charge in [-0.25, -0.2) is 4.98 Å². The molecule has 1 aromatic heterocycles. The van der Waals surface area contributed by atoms with Gasteiger partial charge < -0.3 is 14.0 Å². The number of carbonyl (C=O) groups excluding carboxylic acids is 1. The summed E-state index contributed by atoms with van der Waals surface area (Å²) in [6, 6.07) is 0. The van der Waals surface area contributed by atoms with Gasteiger partial charge in [-0.3, -0.25) is 4.79 Å². The minimum atomic E-state index is -0.873. The van der Waals surface area contributed by atoms with Crippen molar-refractivity contribution in [1.82, 2.24) is 9.55 Å². The van der Waals surface area contributed by atoms with E-state index in [1.54, 1.807) is 17.0 Å². The highest BCUT2D eigenvalue weighted by Gasteiger charge is 2.22. The normalized spacial score (nSPS) is 10.9. The van der Waals surface area contributed by atoms with Crippen LogP contribution < -0.4 is 0 Å². The Morgan fingerprint density at radius 2 is 2.21 bits per heavy atom. The molecule has 0 bridgehead atoms. The van der Waals surface area contributed by atoms with Gasteiger partial charge in [-0.1, -0.05) is 0 Å². The molecule has 1 aromatic rings. The molecule has 78 valence electrons. The van der Waals surface area contributed by atoms with Crippen molar-refractivity contribution >= 4 is 5.78 Å². The Morgan fingerprint density at radius 1 is 1.57 bits per heavy atom. The second-order valence-electron chi connectivity index (χ2n) is 2.70. The lowest BCUT2D eigenvalue weighted by molar-refractivity contribution is -0.0748. The SMILES string of the molecule is CCn1ccnc1C(=O)C(OC)OC. The first-order valence-electron chi connectivity index (χ1n) is 4.35. The van der Waals surface area contributed by atoms with Crippen molar-refractivity contribution in [2.24, 2.45) is 0 Å². The van der Waals surface area contributed by atoms with Gasteiger partial charge >= 0.3 is 0 Å². The average molecular weight is 198 g/mol. The van der Waals surface area contributed by atoms with Crippen LogP contribution in [0.3, 0.4) is 0 Å². The summed E-state index contributed by atoms with van der Waals surface area (Å²) >= 11 is 0. The topological polar surface area (TPSA) is 53.4 Å². The molecule has 0 saturated carbocycles. The third-order valence-corrected chi connectivity index (χ3v) is 1.92. The van der Waals surface area contributed by atoms with Crippen LogP contribution in [0, 0.1) is 0 Å². The van der Waals surface area contributed by atoms with Crippen LogP contribution in [0.25, 0.3) is 0 Å². The zero-order valence-electron chi connectivity index (χ0n) is 8.56. The summed E-state index contributed by atoms with van der Waals surface area (Å²) in [5.41, 5.74) is 0. The zero-order valence-corrected chi connectivity index (χ0v) is 8.56. The predicted molar refractivity (Wildman–Crippen MR) is 50.0 cm³/mol. The summed E-state index contributed by atoms with van der Waals surface area (Å²) in [7, 11) is 2.84. The molecule has 1 rings (SSSR count). The molecule has 0 saturated heterocycles. The molecule has 0 N–H and O–H groups in total. The predicted octanol–water partition coefficient (Wildman–Crippen LogP) is 0.705. The van der Waals surface area contributed by atoms with Crippen LogP contribution in [0.4, 0.5) is 0 Å². The molecule has 5 heteroatoms. The van der Waals surface area contributed by atoms with Gasteiger partial charge in [-0.15, -0.1) is 0 Å². The number of ether oxygens (including phenoxy) is 2. The highest BCUT2D eigenvalue weighted by atomic mass is 16.7. The van der Waals surface area contributed by atoms with E-state index in [1.807, 2.05) is 6.92 Å². The van der Waals surface area contributed by atoms with Crippen molar-refractivity contribution in [2.45, 2.75) is 19.8 Å². The van der Waals surface area contributed by atoms with Crippen molar-refractivity contribution in [2.75, 3.05) is 14.2 Å². The average Bonchev–Trinajstić information content (AvgIpc) is 2.67. The van der Waals surface area contributed by atoms with Crippen LogP contribution >= 0.6 is 0 Å². The maximum atomic E-state index is 11.7. The van der Waals surface area contributed by atoms with Gasteiger partial charge in [0.1, 0.15) is 0 Å². The molecule has 0 fully saturated rings. The van der Waals surface area contributed by atoms with Crippen molar-refractivity contribution in [1.29, 1.82) is 0 Å². The summed E-state index contributed by atoms with van der Waals surface area (Å²) in [6.07, 6.45) is 2.46. The van der Waals surface area contributed by atoms with Gasteiger partial charge in [0.05, 0.1) is 0 Å². The number of carbonyl (C=O) groups is 1. The number of imidazole rings is 1. The number of methoxy groups -OCH3 is 2. The first-order valence-corrected chi connectivity index (χ1v) is 4.35. The van der Waals surface area contributed by atoms with Crippen LogP contribution in [-0.2, 0) is 16.0 Å². The van der Waals surface area contributed by atoms with Gasteiger partial charge in [0.15, 0.2) is 5.82 Å². The van der Waals surface area contributed by atoms with E-state index in [2.05, 4.69) is 4.98 Å². The molecule has 0 aliphatic heterocycles. The number of ketones is 1. The van der Waals surface area contributed by atoms with E-state index in [-0.39, 0.29) is 5.78 Å². The second-order valence-corrected chi connectivity index (χ2v) is 2.70. The lowest BCUT2D eigenvalue weighted by atomic mass is 10.3. The van der Waals surface area contributed by atoms with E-state index >= 15 is 0 Å². The van der Waals surface area contributed by atoms with E-state index < -0.39 is 6.29 Å². The molecule has 0 spiro atoms. The van der Waals surface area contributed by atoms with Crippen molar-refractivity contribution < 1.29 is 14.3 Å². The number of rotatable bonds is 5. The van der Waals surface area contributed by atoms with Crippen molar-refractivity contribution in [3.63, 3.8) is 0 Å². The fourth-order valence-corrected chi connectivity index (χ4v) is 1.21. The highest BCUT2D eigenvalue weighted by molar-refractivity contribution is 5.95. The van der Waals surface area contributed by atoms with Crippen LogP contribution in [0.15, 0.2) is 12.4 Å². The summed E-state index contributed by atoms with van der Waals surface area (Å²) < 4.78 is 11.5. The van der Waals surface area contributed by atoms with Crippen molar-refractivity contribution in [3.8, 4) is 0 Å². The Morgan fingerprint density at radius 3 is 2.71 bits per heavy atom. The van der Waals surface area contributed by atoms with Gasteiger partial charge in [0, 0.05) is 33.2 Å². The third-order valence-electron chi connectivity index (χ3n) is 1.92. The monoisotopic (exact) mass is 198 g/mol. The summed E-state index contributed by atoms with van der Waals surface area (Å²) in [5.74, 6) is 0.100. The number of Topliss-reactive ketones (excluding diaryl/α,β-unsaturated/α-hetero) is 1. The van der Waals surface area contributed by atoms with Crippen LogP contribution in [0.5, 0.6) is 0 Å². The molecule has 0 amide bonds. The summed E-state index contributed by atoms with van der Waals surface area (Å²) in [5, 5.41) is 0. The molecular weight excluding hydrogens is 184 g/mol. The van der Waals surface area contributed by atoms with E-state index in [0.717, 1.165) is 0 Å². The maximum absolute atomic E-state index is 11.7. The smallest absolute Gasteiger partial charge is 0.254 e. The van der Waals surface area contributed by atoms with Gasteiger partial charge in [-0.05, 0) is 6.92 Å². The Bertz CT molecular complexity index is 305. The van der Waals surface area contributed by atoms with Gasteiger partial charge in [-0.2, -0.15) is 0 Å². The van der Waals surface area contributed by atoms with Crippen LogP contribution in [-0.4, -0.2) is 35.8 Å². The third kappa shape index (κ3) is 2.00. The lowest BCUT2D eigenvalue weighted by Crippen LogP contribution is -2.27. The Labute approximate surface area is 82.6 Å². The minimum absolute atomic E-state index is 0.262. The molecule has 0 aromatic carbocycles. The number of nitrogens with zero attached hydrogens (tertiary/aromatic N) is 2. The summed E-state index contributed by atoms with van der Waals surface area (Å²) in [6.45, 7) is 2.63. The Hall–Kier alpha value is -1.20. The fraction of sp³-hybridized carbons (Fsp3) is 0.556. The zero-order chi connectivity index (χ0) is 10.6. The Kier molecular flexibility index (Phi) is 3.79. The molecule has 1 heterocycles. The van der Waals surface area contributed by atoms with E-state index in [0.29, 0.717) is 12.4 Å². The molecule has 14 heavy (non-hydrogen) atoms. The maximum Gasteiger partial charge on any atom is 0.254 e. The highest BCUT2D eigenvalue weighted by Crippen LogP contribution is 2.05. The molecule has 0 aliphatic rings. The van der Waals surface area contributed by atoms with Crippen molar-refractivity contribution in [3.05, 3.63) is 18.2 Å². The molecule has 0 unspecified atom stereocenters. The first kappa shape index (κ1) is 10.9. The van der Waals surface area contributed by atoms with Crippen LogP contribution in [0.1, 0.15) is 17.5 Å². The standard InChI is InChI=1S/C9H14N2O3/c1-4-11-6-5-10-8(11)7(12)9(13-2)14-3/h5-6,9H,4H2,1-3H3. The summed E-state index contributed by atoms with van der Waals surface area (Å²) in [4.78, 5) is 15.7. The van der Waals surface area contributed by atoms with Gasteiger partial charge in [0.2, 0.25) is 6.29 Å². The van der Waals surface area contributed by atoms with E-state index in [4.69, 9.17) is 9.47 Å². The first-order chi connectivity index (χ1) is 6.74. The number of hydrogen-bond acceptors (Lipinski definition) is 4. The Balaban J connectivity index is 2.87. The molecule has 0 aliphatic carbocycles. The molecule has 5 nitrogen and oxygen atoms in total. The molecule has 0 atom stereocenters. The van der Waals surface area contributed by atoms with Gasteiger partial charge in [0.25, 0.3) is 5.78 Å². The number of aromatic nitrogens is 2. The number of hydrogen-bond donors (Lipinski definition) is 0. The fourth-order valence-electron chi connectivity index (χ4n) is 1.21. The van der Waals surface area contributed by atoms with Crippen LogP contribution in [0.2, 0.25) is 0 Å². The molecular formula is C9H14N2O3. The second kappa shape index (κ2) is 4.88. The quantitative estimate of drug-likeness (QED) is 0.516. The molecule has 0 radical (unpaired) electrons. The van der Waals surface area contributed by atoms with E-state index in [9.17, 15) is 4.79 Å². The van der Waals surface area contributed by atoms with E-state index in [1.165, 1.54) is 14.2 Å². The minimum Gasteiger partial charge on any atom is -0.349 e. The lowest BCUT2D eigenvalue weighted by Gasteiger charge is -2.11.